The summed E-state index contributed by atoms with van der Waals surface area (Å²) in [5.41, 5.74) is 10.1. The first-order valence-electron chi connectivity index (χ1n) is 8.99. The second-order valence-electron chi connectivity index (χ2n) is 6.65. The molecule has 2 aromatic rings. The van der Waals surface area contributed by atoms with Crippen LogP contribution in [-0.4, -0.2) is 20.1 Å². The highest BCUT2D eigenvalue weighted by atomic mass is 35.5. The summed E-state index contributed by atoms with van der Waals surface area (Å²) < 4.78 is 10.7. The van der Waals surface area contributed by atoms with Crippen LogP contribution in [-0.2, 0) is 17.6 Å². The number of nitrogens with one attached hydrogen (secondary N) is 1. The molecule has 3 N–H and O–H groups in total. The van der Waals surface area contributed by atoms with E-state index in [2.05, 4.69) is 5.32 Å². The van der Waals surface area contributed by atoms with Gasteiger partial charge in [0.25, 0.3) is 0 Å². The molecule has 3 rings (SSSR count). The minimum atomic E-state index is 0. The first kappa shape index (κ1) is 20.9. The first-order valence-corrected chi connectivity index (χ1v) is 8.99. The van der Waals surface area contributed by atoms with Gasteiger partial charge in [-0.1, -0.05) is 6.07 Å². The second-order valence-corrected chi connectivity index (χ2v) is 6.65. The lowest BCUT2D eigenvalue weighted by molar-refractivity contribution is -0.121. The molecule has 0 radical (unpaired) electrons. The molecule has 27 heavy (non-hydrogen) atoms. The van der Waals surface area contributed by atoms with Gasteiger partial charge in [0.05, 0.1) is 20.3 Å². The molecule has 6 heteroatoms. The number of hydrogen-bond donors (Lipinski definition) is 2. The van der Waals surface area contributed by atoms with Gasteiger partial charge in [0.1, 0.15) is 11.5 Å². The fourth-order valence-corrected chi connectivity index (χ4v) is 3.58. The molecule has 0 saturated heterocycles. The smallest absolute Gasteiger partial charge is 0.220 e. The van der Waals surface area contributed by atoms with Crippen LogP contribution in [0.15, 0.2) is 36.4 Å². The Balaban J connectivity index is 0.00000261. The Morgan fingerprint density at radius 3 is 2.74 bits per heavy atom. The van der Waals surface area contributed by atoms with E-state index >= 15 is 0 Å². The fraction of sp³-hybridized carbons (Fsp3) is 0.381. The second kappa shape index (κ2) is 9.51. The van der Waals surface area contributed by atoms with Gasteiger partial charge in [-0.05, 0) is 72.7 Å². The number of anilines is 1. The Labute approximate surface area is 166 Å². The molecule has 146 valence electrons. The molecule has 0 heterocycles. The fourth-order valence-electron chi connectivity index (χ4n) is 3.58. The molecule has 0 aliphatic heterocycles. The number of aryl methyl sites for hydroxylation is 2. The lowest BCUT2D eigenvalue weighted by Gasteiger charge is -2.26. The standard InChI is InChI=1S/C21H26N2O3.ClH/c1-25-17-8-10-20(26-2)15(13-17)6-11-21(24)23-19-5-3-4-14-12-16(22)7-9-18(14)19;/h7-10,12-13,19H,3-6,11,22H2,1-2H3,(H,23,24);1H. The highest BCUT2D eigenvalue weighted by Gasteiger charge is 2.22. The molecule has 0 bridgehead atoms. The van der Waals surface area contributed by atoms with Crippen molar-refractivity contribution in [1.29, 1.82) is 0 Å². The third-order valence-corrected chi connectivity index (χ3v) is 4.93. The van der Waals surface area contributed by atoms with Crippen LogP contribution >= 0.6 is 12.4 Å². The van der Waals surface area contributed by atoms with Gasteiger partial charge in [-0.25, -0.2) is 0 Å². The van der Waals surface area contributed by atoms with Crippen LogP contribution < -0.4 is 20.5 Å². The normalized spacial score (nSPS) is 15.3. The molecule has 1 atom stereocenters. The minimum Gasteiger partial charge on any atom is -0.497 e. The van der Waals surface area contributed by atoms with Crippen LogP contribution in [0.2, 0.25) is 0 Å². The van der Waals surface area contributed by atoms with Gasteiger partial charge in [-0.15, -0.1) is 12.4 Å². The lowest BCUT2D eigenvalue weighted by atomic mass is 9.87. The molecule has 0 aromatic heterocycles. The van der Waals surface area contributed by atoms with Crippen molar-refractivity contribution in [2.75, 3.05) is 20.0 Å². The first-order chi connectivity index (χ1) is 12.6. The van der Waals surface area contributed by atoms with E-state index in [1.54, 1.807) is 14.2 Å². The topological polar surface area (TPSA) is 73.6 Å². The van der Waals surface area contributed by atoms with Gasteiger partial charge in [-0.2, -0.15) is 0 Å². The summed E-state index contributed by atoms with van der Waals surface area (Å²) in [5, 5.41) is 3.18. The van der Waals surface area contributed by atoms with Gasteiger partial charge >= 0.3 is 0 Å². The third kappa shape index (κ3) is 5.07. The number of methoxy groups -OCH3 is 2. The van der Waals surface area contributed by atoms with Crippen LogP contribution in [0, 0.1) is 0 Å². The van der Waals surface area contributed by atoms with E-state index in [0.717, 1.165) is 42.0 Å². The van der Waals surface area contributed by atoms with Crippen LogP contribution in [0.3, 0.4) is 0 Å². The number of nitrogens with two attached hydrogens (primary N) is 1. The number of carbonyl (C=O) groups is 1. The van der Waals surface area contributed by atoms with E-state index in [9.17, 15) is 4.79 Å². The Bertz CT molecular complexity index is 795. The molecule has 1 aliphatic rings. The van der Waals surface area contributed by atoms with E-state index in [0.29, 0.717) is 12.8 Å². The van der Waals surface area contributed by atoms with E-state index in [4.69, 9.17) is 15.2 Å². The predicted octanol–water partition coefficient (Wildman–Crippen LogP) is 3.83. The maximum atomic E-state index is 12.5. The number of nitrogen functional groups attached to an aromatic ring is 1. The predicted molar refractivity (Wildman–Crippen MR) is 110 cm³/mol. The van der Waals surface area contributed by atoms with E-state index in [1.807, 2.05) is 36.4 Å². The van der Waals surface area contributed by atoms with Gasteiger partial charge < -0.3 is 20.5 Å². The molecule has 1 aliphatic carbocycles. The SMILES string of the molecule is COc1ccc(OC)c(CCC(=O)NC2CCCc3cc(N)ccc32)c1.Cl. The molecule has 2 aromatic carbocycles. The minimum absolute atomic E-state index is 0. The Hall–Kier alpha value is -2.40. The average Bonchev–Trinajstić information content (AvgIpc) is 2.66. The summed E-state index contributed by atoms with van der Waals surface area (Å²) >= 11 is 0. The number of halogens is 1. The van der Waals surface area contributed by atoms with Crippen LogP contribution in [0.4, 0.5) is 5.69 Å². The molecule has 1 unspecified atom stereocenters. The van der Waals surface area contributed by atoms with Crippen molar-refractivity contribution >= 4 is 24.0 Å². The summed E-state index contributed by atoms with van der Waals surface area (Å²) in [6.45, 7) is 0. The highest BCUT2D eigenvalue weighted by molar-refractivity contribution is 5.85. The number of ether oxygens (including phenoxy) is 2. The third-order valence-electron chi connectivity index (χ3n) is 4.93. The highest BCUT2D eigenvalue weighted by Crippen LogP contribution is 2.31. The van der Waals surface area contributed by atoms with Crippen molar-refractivity contribution in [2.45, 2.75) is 38.1 Å². The van der Waals surface area contributed by atoms with Crippen molar-refractivity contribution in [2.24, 2.45) is 0 Å². The molecular weight excluding hydrogens is 364 g/mol. The quantitative estimate of drug-likeness (QED) is 0.735. The number of carbonyl (C=O) groups excluding carboxylic acids is 1. The average molecular weight is 391 g/mol. The summed E-state index contributed by atoms with van der Waals surface area (Å²) in [6.07, 6.45) is 4.06. The lowest BCUT2D eigenvalue weighted by Crippen LogP contribution is -2.31. The van der Waals surface area contributed by atoms with E-state index in [-0.39, 0.29) is 24.4 Å². The Morgan fingerprint density at radius 1 is 1.19 bits per heavy atom. The van der Waals surface area contributed by atoms with Crippen molar-refractivity contribution < 1.29 is 14.3 Å². The Kier molecular flexibility index (Phi) is 7.36. The van der Waals surface area contributed by atoms with Crippen molar-refractivity contribution in [3.63, 3.8) is 0 Å². The molecule has 0 spiro atoms. The number of benzene rings is 2. The summed E-state index contributed by atoms with van der Waals surface area (Å²) in [7, 11) is 3.27. The van der Waals surface area contributed by atoms with Crippen LogP contribution in [0.5, 0.6) is 11.5 Å². The monoisotopic (exact) mass is 390 g/mol. The van der Waals surface area contributed by atoms with Crippen molar-refractivity contribution in [3.8, 4) is 11.5 Å². The molecular formula is C21H27ClN2O3. The van der Waals surface area contributed by atoms with Gasteiger partial charge in [0.2, 0.25) is 5.91 Å². The zero-order chi connectivity index (χ0) is 18.5. The van der Waals surface area contributed by atoms with Crippen molar-refractivity contribution in [1.82, 2.24) is 5.32 Å². The number of rotatable bonds is 6. The number of hydrogen-bond acceptors (Lipinski definition) is 4. The summed E-state index contributed by atoms with van der Waals surface area (Å²) in [4.78, 5) is 12.5. The molecule has 0 fully saturated rings. The Morgan fingerprint density at radius 2 is 2.00 bits per heavy atom. The van der Waals surface area contributed by atoms with Crippen LogP contribution in [0.1, 0.15) is 42.0 Å². The van der Waals surface area contributed by atoms with E-state index in [1.165, 1.54) is 11.1 Å². The summed E-state index contributed by atoms with van der Waals surface area (Å²) in [6, 6.07) is 11.7. The van der Waals surface area contributed by atoms with Gasteiger partial charge in [0.15, 0.2) is 0 Å². The van der Waals surface area contributed by atoms with Crippen molar-refractivity contribution in [3.05, 3.63) is 53.1 Å². The molecule has 1 amide bonds. The maximum absolute atomic E-state index is 12.5. The maximum Gasteiger partial charge on any atom is 0.220 e. The molecule has 0 saturated carbocycles. The zero-order valence-corrected chi connectivity index (χ0v) is 16.6. The molecule has 5 nitrogen and oxygen atoms in total. The zero-order valence-electron chi connectivity index (χ0n) is 15.8. The van der Waals surface area contributed by atoms with Gasteiger partial charge in [0, 0.05) is 12.1 Å². The number of fused-ring (bicyclic) bond motifs is 1. The van der Waals surface area contributed by atoms with Crippen LogP contribution in [0.25, 0.3) is 0 Å². The summed E-state index contributed by atoms with van der Waals surface area (Å²) in [5.74, 6) is 1.58. The van der Waals surface area contributed by atoms with Gasteiger partial charge in [-0.3, -0.25) is 4.79 Å². The van der Waals surface area contributed by atoms with E-state index < -0.39 is 0 Å². The number of amides is 1. The largest absolute Gasteiger partial charge is 0.497 e.